The molecular formula is C8H9N3S. The van der Waals surface area contributed by atoms with Gasteiger partial charge in [-0.05, 0) is 19.1 Å². The molecule has 4 heteroatoms. The number of thiocarbonyl (C=S) groups is 1. The Bertz CT molecular complexity index is 329. The van der Waals surface area contributed by atoms with Crippen LogP contribution in [0, 0.1) is 6.92 Å². The number of aromatic nitrogens is 2. The summed E-state index contributed by atoms with van der Waals surface area (Å²) >= 11 is 4.48. The highest BCUT2D eigenvalue weighted by Crippen LogP contribution is 2.08. The predicted octanol–water partition coefficient (Wildman–Crippen LogP) is 2.08. The zero-order chi connectivity index (χ0) is 8.97. The van der Waals surface area contributed by atoms with E-state index in [0.717, 1.165) is 17.9 Å². The van der Waals surface area contributed by atoms with Gasteiger partial charge in [0.15, 0.2) is 5.82 Å². The van der Waals surface area contributed by atoms with E-state index in [1.807, 2.05) is 13.8 Å². The first-order chi connectivity index (χ1) is 5.76. The van der Waals surface area contributed by atoms with E-state index in [0.29, 0.717) is 5.82 Å². The Morgan fingerprint density at radius 3 is 2.92 bits per heavy atom. The minimum Gasteiger partial charge on any atom is -0.238 e. The van der Waals surface area contributed by atoms with Crippen molar-refractivity contribution in [3.63, 3.8) is 0 Å². The van der Waals surface area contributed by atoms with Crippen LogP contribution in [-0.4, -0.2) is 15.1 Å². The van der Waals surface area contributed by atoms with Crippen LogP contribution >= 0.6 is 12.2 Å². The monoisotopic (exact) mass is 179 g/mol. The predicted molar refractivity (Wildman–Crippen MR) is 50.8 cm³/mol. The third kappa shape index (κ3) is 2.19. The first-order valence-electron chi connectivity index (χ1n) is 3.68. The first-order valence-corrected chi connectivity index (χ1v) is 4.09. The van der Waals surface area contributed by atoms with E-state index < -0.39 is 0 Å². The molecule has 0 aliphatic carbocycles. The first kappa shape index (κ1) is 8.97. The topological polar surface area (TPSA) is 38.1 Å². The van der Waals surface area contributed by atoms with Crippen LogP contribution in [-0.2, 0) is 6.42 Å². The molecule has 62 valence electrons. The number of hydrogen-bond donors (Lipinski definition) is 0. The summed E-state index contributed by atoms with van der Waals surface area (Å²) in [5.74, 6) is 1.38. The Kier molecular flexibility index (Phi) is 3.02. The van der Waals surface area contributed by atoms with Gasteiger partial charge in [0.25, 0.3) is 0 Å². The summed E-state index contributed by atoms with van der Waals surface area (Å²) in [5.41, 5.74) is 0.908. The molecule has 0 unspecified atom stereocenters. The van der Waals surface area contributed by atoms with Crippen molar-refractivity contribution in [3.05, 3.63) is 17.6 Å². The van der Waals surface area contributed by atoms with Crippen LogP contribution in [0.4, 0.5) is 5.82 Å². The largest absolute Gasteiger partial charge is 0.238 e. The summed E-state index contributed by atoms with van der Waals surface area (Å²) in [5, 5.41) is 2.28. The summed E-state index contributed by atoms with van der Waals surface area (Å²) in [4.78, 5) is 12.1. The lowest BCUT2D eigenvalue weighted by Crippen LogP contribution is -1.93. The van der Waals surface area contributed by atoms with Gasteiger partial charge in [0.1, 0.15) is 5.82 Å². The molecule has 0 aliphatic heterocycles. The Labute approximate surface area is 76.6 Å². The van der Waals surface area contributed by atoms with Gasteiger partial charge in [-0.15, -0.1) is 0 Å². The molecule has 0 fully saturated rings. The zero-order valence-electron chi connectivity index (χ0n) is 7.03. The number of nitrogens with zero attached hydrogens (tertiary/aromatic N) is 3. The molecule has 0 bridgehead atoms. The van der Waals surface area contributed by atoms with Crippen LogP contribution in [0.25, 0.3) is 0 Å². The van der Waals surface area contributed by atoms with Crippen molar-refractivity contribution in [2.45, 2.75) is 20.3 Å². The average molecular weight is 179 g/mol. The quantitative estimate of drug-likeness (QED) is 0.515. The lowest BCUT2D eigenvalue weighted by Gasteiger charge is -1.97. The molecule has 0 saturated carbocycles. The Morgan fingerprint density at radius 2 is 2.33 bits per heavy atom. The van der Waals surface area contributed by atoms with Gasteiger partial charge in [0.2, 0.25) is 0 Å². The van der Waals surface area contributed by atoms with Crippen molar-refractivity contribution in [1.82, 2.24) is 9.97 Å². The fraction of sp³-hybridized carbons (Fsp3) is 0.375. The van der Waals surface area contributed by atoms with Crippen molar-refractivity contribution < 1.29 is 0 Å². The summed E-state index contributed by atoms with van der Waals surface area (Å²) in [7, 11) is 0. The van der Waals surface area contributed by atoms with E-state index in [1.165, 1.54) is 0 Å². The molecule has 1 aromatic heterocycles. The van der Waals surface area contributed by atoms with E-state index in [4.69, 9.17) is 0 Å². The minimum atomic E-state index is 0.592. The van der Waals surface area contributed by atoms with Gasteiger partial charge in [-0.25, -0.2) is 9.97 Å². The Balaban J connectivity index is 3.14. The molecule has 0 spiro atoms. The molecule has 0 aliphatic rings. The van der Waals surface area contributed by atoms with Crippen LogP contribution in [0.2, 0.25) is 0 Å². The second kappa shape index (κ2) is 4.04. The molecule has 0 amide bonds. The third-order valence-corrected chi connectivity index (χ3v) is 1.45. The Morgan fingerprint density at radius 1 is 1.58 bits per heavy atom. The van der Waals surface area contributed by atoms with Crippen LogP contribution in [0.15, 0.2) is 11.1 Å². The molecule has 0 radical (unpaired) electrons. The van der Waals surface area contributed by atoms with Crippen molar-refractivity contribution in [3.8, 4) is 0 Å². The SMILES string of the molecule is CCc1nc(C)cc(N=C=S)n1. The molecule has 1 heterocycles. The van der Waals surface area contributed by atoms with Gasteiger partial charge in [-0.1, -0.05) is 6.92 Å². The molecule has 0 N–H and O–H groups in total. The standard InChI is InChI=1S/C8H9N3S/c1-3-7-10-6(2)4-8(11-7)9-5-12/h4H,3H2,1-2H3. The molecule has 1 aromatic rings. The van der Waals surface area contributed by atoms with Crippen molar-refractivity contribution >= 4 is 23.2 Å². The van der Waals surface area contributed by atoms with Gasteiger partial charge in [0, 0.05) is 18.2 Å². The minimum absolute atomic E-state index is 0.592. The maximum atomic E-state index is 4.48. The third-order valence-electron chi connectivity index (χ3n) is 1.36. The van der Waals surface area contributed by atoms with Crippen LogP contribution in [0.5, 0.6) is 0 Å². The highest BCUT2D eigenvalue weighted by atomic mass is 32.1. The highest BCUT2D eigenvalue weighted by Gasteiger charge is 1.97. The summed E-state index contributed by atoms with van der Waals surface area (Å²) in [6.07, 6.45) is 0.807. The lowest BCUT2D eigenvalue weighted by atomic mass is 10.4. The molecule has 0 atom stereocenters. The van der Waals surface area contributed by atoms with Gasteiger partial charge >= 0.3 is 0 Å². The van der Waals surface area contributed by atoms with Crippen LogP contribution in [0.3, 0.4) is 0 Å². The van der Waals surface area contributed by atoms with Gasteiger partial charge in [-0.2, -0.15) is 4.99 Å². The van der Waals surface area contributed by atoms with E-state index in [-0.39, 0.29) is 0 Å². The fourth-order valence-electron chi connectivity index (χ4n) is 0.874. The van der Waals surface area contributed by atoms with E-state index in [2.05, 4.69) is 32.3 Å². The summed E-state index contributed by atoms with van der Waals surface area (Å²) in [6, 6.07) is 1.78. The molecule has 0 saturated heterocycles. The maximum absolute atomic E-state index is 4.48. The molecule has 3 nitrogen and oxygen atoms in total. The van der Waals surface area contributed by atoms with Crippen LogP contribution in [0.1, 0.15) is 18.4 Å². The van der Waals surface area contributed by atoms with Gasteiger partial charge in [-0.3, -0.25) is 0 Å². The molecule has 12 heavy (non-hydrogen) atoms. The van der Waals surface area contributed by atoms with E-state index in [1.54, 1.807) is 6.07 Å². The van der Waals surface area contributed by atoms with E-state index >= 15 is 0 Å². The smallest absolute Gasteiger partial charge is 0.166 e. The average Bonchev–Trinajstić information content (AvgIpc) is 2.04. The maximum Gasteiger partial charge on any atom is 0.166 e. The summed E-state index contributed by atoms with van der Waals surface area (Å²) in [6.45, 7) is 3.91. The van der Waals surface area contributed by atoms with Crippen molar-refractivity contribution in [2.24, 2.45) is 4.99 Å². The number of rotatable bonds is 2. The fourth-order valence-corrected chi connectivity index (χ4v) is 0.968. The van der Waals surface area contributed by atoms with Crippen molar-refractivity contribution in [2.75, 3.05) is 0 Å². The molecule has 0 aromatic carbocycles. The van der Waals surface area contributed by atoms with Gasteiger partial charge < -0.3 is 0 Å². The second-order valence-electron chi connectivity index (χ2n) is 2.34. The summed E-state index contributed by atoms with van der Waals surface area (Å²) < 4.78 is 0. The number of aryl methyl sites for hydroxylation is 2. The number of aliphatic imine (C=N–C) groups is 1. The Hall–Kier alpha value is -1.12. The number of isothiocyanates is 1. The molecular weight excluding hydrogens is 170 g/mol. The normalized spacial score (nSPS) is 9.17. The number of hydrogen-bond acceptors (Lipinski definition) is 4. The van der Waals surface area contributed by atoms with E-state index in [9.17, 15) is 0 Å². The van der Waals surface area contributed by atoms with Gasteiger partial charge in [0.05, 0.1) is 5.16 Å². The second-order valence-corrected chi connectivity index (χ2v) is 2.52. The van der Waals surface area contributed by atoms with Crippen molar-refractivity contribution in [1.29, 1.82) is 0 Å². The highest BCUT2D eigenvalue weighted by molar-refractivity contribution is 7.78. The zero-order valence-corrected chi connectivity index (χ0v) is 7.85. The lowest BCUT2D eigenvalue weighted by molar-refractivity contribution is 0.917. The molecule has 1 rings (SSSR count). The van der Waals surface area contributed by atoms with Crippen LogP contribution < -0.4 is 0 Å².